The van der Waals surface area contributed by atoms with Crippen LogP contribution in [0.3, 0.4) is 0 Å². The number of amides is 2. The molecule has 1 heterocycles. The van der Waals surface area contributed by atoms with Crippen LogP contribution in [0.5, 0.6) is 5.75 Å². The van der Waals surface area contributed by atoms with E-state index in [9.17, 15) is 9.59 Å². The molecule has 2 amide bonds. The van der Waals surface area contributed by atoms with Gasteiger partial charge in [0.25, 0.3) is 5.91 Å². The minimum Gasteiger partial charge on any atom is -0.479 e. The molecule has 0 saturated carbocycles. The smallest absolute Gasteiger partial charge is 0.267 e. The van der Waals surface area contributed by atoms with Gasteiger partial charge in [0, 0.05) is 18.7 Å². The number of hydrogen-bond acceptors (Lipinski definition) is 3. The molecule has 0 spiro atoms. The van der Waals surface area contributed by atoms with E-state index in [1.807, 2.05) is 36.4 Å². The minimum absolute atomic E-state index is 0.116. The topological polar surface area (TPSA) is 58.6 Å². The molecule has 0 fully saturated rings. The maximum atomic E-state index is 12.6. The van der Waals surface area contributed by atoms with Crippen LogP contribution in [0.1, 0.15) is 24.5 Å². The molecule has 0 unspecified atom stereocenters. The monoisotopic (exact) mass is 398 g/mol. The highest BCUT2D eigenvalue weighted by molar-refractivity contribution is 6.01. The Balaban J connectivity index is 1.27. The van der Waals surface area contributed by atoms with Gasteiger partial charge in [-0.1, -0.05) is 42.5 Å². The van der Waals surface area contributed by atoms with Crippen LogP contribution < -0.4 is 15.0 Å². The van der Waals surface area contributed by atoms with Crippen molar-refractivity contribution >= 4 is 23.2 Å². The summed E-state index contributed by atoms with van der Waals surface area (Å²) in [6.07, 6.45) is 0.539. The van der Waals surface area contributed by atoms with Gasteiger partial charge >= 0.3 is 0 Å². The molecule has 1 aliphatic carbocycles. The molecule has 1 aliphatic heterocycles. The van der Waals surface area contributed by atoms with Crippen LogP contribution in [0.2, 0.25) is 0 Å². The second kappa shape index (κ2) is 7.34. The fourth-order valence-corrected chi connectivity index (χ4v) is 4.25. The van der Waals surface area contributed by atoms with Gasteiger partial charge in [-0.3, -0.25) is 9.59 Å². The number of ether oxygens (including phenoxy) is 1. The number of anilines is 2. The number of nitrogens with zero attached hydrogens (tertiary/aromatic N) is 1. The fourth-order valence-electron chi connectivity index (χ4n) is 4.25. The van der Waals surface area contributed by atoms with Gasteiger partial charge in [-0.15, -0.1) is 0 Å². The van der Waals surface area contributed by atoms with Crippen molar-refractivity contribution < 1.29 is 14.3 Å². The van der Waals surface area contributed by atoms with E-state index in [4.69, 9.17) is 4.74 Å². The molecule has 2 aliphatic rings. The van der Waals surface area contributed by atoms with Gasteiger partial charge in [0.2, 0.25) is 5.91 Å². The van der Waals surface area contributed by atoms with Crippen LogP contribution in [0.25, 0.3) is 11.1 Å². The normalized spacial score (nSPS) is 16.4. The number of nitrogens with one attached hydrogen (secondary N) is 1. The highest BCUT2D eigenvalue weighted by Gasteiger charge is 2.31. The van der Waals surface area contributed by atoms with E-state index in [1.165, 1.54) is 22.3 Å². The summed E-state index contributed by atoms with van der Waals surface area (Å²) in [4.78, 5) is 26.8. The highest BCUT2D eigenvalue weighted by atomic mass is 16.5. The van der Waals surface area contributed by atoms with Crippen molar-refractivity contribution in [2.45, 2.75) is 25.9 Å². The SMILES string of the molecule is C[C@H]1Oc2ccccc2N(CCC(=O)Nc2ccc3c(c2)Cc2ccccc2-3)C1=O. The summed E-state index contributed by atoms with van der Waals surface area (Å²) in [5, 5.41) is 2.98. The van der Waals surface area contributed by atoms with Crippen molar-refractivity contribution in [3.8, 4) is 16.9 Å². The summed E-state index contributed by atoms with van der Waals surface area (Å²) in [6.45, 7) is 2.04. The van der Waals surface area contributed by atoms with Gasteiger partial charge < -0.3 is 15.0 Å². The van der Waals surface area contributed by atoms with E-state index in [-0.39, 0.29) is 18.2 Å². The number of hydrogen-bond donors (Lipinski definition) is 1. The summed E-state index contributed by atoms with van der Waals surface area (Å²) >= 11 is 0. The Labute approximate surface area is 175 Å². The molecule has 0 bridgehead atoms. The van der Waals surface area contributed by atoms with Crippen molar-refractivity contribution in [3.63, 3.8) is 0 Å². The number of benzene rings is 3. The molecule has 150 valence electrons. The van der Waals surface area contributed by atoms with Crippen LogP contribution in [-0.2, 0) is 16.0 Å². The fraction of sp³-hybridized carbons (Fsp3) is 0.200. The number of carbonyl (C=O) groups is 2. The molecule has 3 aromatic rings. The Bertz CT molecular complexity index is 1150. The molecule has 1 N–H and O–H groups in total. The first-order chi connectivity index (χ1) is 14.6. The molecule has 5 heteroatoms. The summed E-state index contributed by atoms with van der Waals surface area (Å²) < 4.78 is 5.65. The third kappa shape index (κ3) is 3.22. The molecule has 5 rings (SSSR count). The molecular weight excluding hydrogens is 376 g/mol. The zero-order valence-corrected chi connectivity index (χ0v) is 16.7. The van der Waals surface area contributed by atoms with Crippen LogP contribution in [0.4, 0.5) is 11.4 Å². The molecule has 30 heavy (non-hydrogen) atoms. The third-order valence-electron chi connectivity index (χ3n) is 5.71. The lowest BCUT2D eigenvalue weighted by atomic mass is 10.1. The molecule has 3 aromatic carbocycles. The zero-order chi connectivity index (χ0) is 20.7. The van der Waals surface area contributed by atoms with Gasteiger partial charge in [0.05, 0.1) is 5.69 Å². The molecule has 5 nitrogen and oxygen atoms in total. The largest absolute Gasteiger partial charge is 0.479 e. The van der Waals surface area contributed by atoms with Gasteiger partial charge in [0.15, 0.2) is 6.10 Å². The summed E-state index contributed by atoms with van der Waals surface area (Å²) in [5.41, 5.74) is 6.53. The van der Waals surface area contributed by atoms with E-state index >= 15 is 0 Å². The zero-order valence-electron chi connectivity index (χ0n) is 16.7. The van der Waals surface area contributed by atoms with E-state index in [2.05, 4.69) is 35.6 Å². The minimum atomic E-state index is -0.554. The number of carbonyl (C=O) groups excluding carboxylic acids is 2. The first-order valence-electron chi connectivity index (χ1n) is 10.2. The van der Waals surface area contributed by atoms with Crippen molar-refractivity contribution in [2.75, 3.05) is 16.8 Å². The second-order valence-corrected chi connectivity index (χ2v) is 7.72. The van der Waals surface area contributed by atoms with Crippen LogP contribution >= 0.6 is 0 Å². The lowest BCUT2D eigenvalue weighted by molar-refractivity contribution is -0.125. The summed E-state index contributed by atoms with van der Waals surface area (Å²) in [7, 11) is 0. The van der Waals surface area contributed by atoms with Crippen LogP contribution in [0, 0.1) is 0 Å². The Hall–Kier alpha value is -3.60. The molecule has 0 aromatic heterocycles. The molecule has 1 atom stereocenters. The first kappa shape index (κ1) is 18.4. The van der Waals surface area contributed by atoms with Gasteiger partial charge in [-0.25, -0.2) is 0 Å². The van der Waals surface area contributed by atoms with Crippen molar-refractivity contribution in [1.82, 2.24) is 0 Å². The molecule has 0 radical (unpaired) electrons. The lowest BCUT2D eigenvalue weighted by Gasteiger charge is -2.32. The number of fused-ring (bicyclic) bond motifs is 4. The van der Waals surface area contributed by atoms with Gasteiger partial charge in [0.1, 0.15) is 5.75 Å². The van der Waals surface area contributed by atoms with Crippen molar-refractivity contribution in [1.29, 1.82) is 0 Å². The molecule has 0 saturated heterocycles. The maximum Gasteiger partial charge on any atom is 0.267 e. The van der Waals surface area contributed by atoms with Crippen molar-refractivity contribution in [2.24, 2.45) is 0 Å². The average molecular weight is 398 g/mol. The highest BCUT2D eigenvalue weighted by Crippen LogP contribution is 2.37. The van der Waals surface area contributed by atoms with Crippen molar-refractivity contribution in [3.05, 3.63) is 77.9 Å². The van der Waals surface area contributed by atoms with E-state index in [0.29, 0.717) is 18.0 Å². The second-order valence-electron chi connectivity index (χ2n) is 7.72. The summed E-state index contributed by atoms with van der Waals surface area (Å²) in [5.74, 6) is 0.426. The Morgan fingerprint density at radius 1 is 1.03 bits per heavy atom. The predicted octanol–water partition coefficient (Wildman–Crippen LogP) is 4.40. The molecular formula is C25H22N2O3. The van der Waals surface area contributed by atoms with E-state index in [0.717, 1.165) is 12.1 Å². The van der Waals surface area contributed by atoms with Gasteiger partial charge in [-0.2, -0.15) is 0 Å². The Morgan fingerprint density at radius 3 is 2.70 bits per heavy atom. The Kier molecular flexibility index (Phi) is 4.51. The quantitative estimate of drug-likeness (QED) is 0.554. The van der Waals surface area contributed by atoms with Crippen LogP contribution in [0.15, 0.2) is 66.7 Å². The summed E-state index contributed by atoms with van der Waals surface area (Å²) in [6, 6.07) is 21.9. The predicted molar refractivity (Wildman–Crippen MR) is 117 cm³/mol. The standard InChI is InChI=1S/C25H22N2O3/c1-16-25(29)27(22-8-4-5-9-23(22)30-16)13-12-24(28)26-19-10-11-21-18(15-19)14-17-6-2-3-7-20(17)21/h2-11,15-16H,12-14H2,1H3,(H,26,28)/t16-/m1/s1. The number of rotatable bonds is 4. The third-order valence-corrected chi connectivity index (χ3v) is 5.71. The van der Waals surface area contributed by atoms with Crippen LogP contribution in [-0.4, -0.2) is 24.5 Å². The maximum absolute atomic E-state index is 12.6. The van der Waals surface area contributed by atoms with Gasteiger partial charge in [-0.05, 0) is 59.9 Å². The van der Waals surface area contributed by atoms with E-state index < -0.39 is 6.10 Å². The first-order valence-corrected chi connectivity index (χ1v) is 10.2. The van der Waals surface area contributed by atoms with E-state index in [1.54, 1.807) is 11.8 Å². The average Bonchev–Trinajstić information content (AvgIpc) is 3.12. The Morgan fingerprint density at radius 2 is 1.80 bits per heavy atom. The number of para-hydroxylation sites is 2. The lowest BCUT2D eigenvalue weighted by Crippen LogP contribution is -2.45.